The molecule has 1 heterocycles. The van der Waals surface area contributed by atoms with Gasteiger partial charge in [0.05, 0.1) is 26.5 Å². The maximum atomic E-state index is 12.3. The highest BCUT2D eigenvalue weighted by Gasteiger charge is 2.17. The fourth-order valence-corrected chi connectivity index (χ4v) is 2.12. The standard InChI is InChI=1S/C18H21NO4/c1-13(17-6-5-9-23-17)19(2)18(20)8-7-14-10-15(21-3)12-16(11-14)22-4/h5-13H,1-4H3/b8-7+. The fourth-order valence-electron chi connectivity index (χ4n) is 2.12. The number of carbonyl (C=O) groups excluding carboxylic acids is 1. The first-order chi connectivity index (χ1) is 11.0. The monoisotopic (exact) mass is 315 g/mol. The van der Waals surface area contributed by atoms with Gasteiger partial charge in [-0.25, -0.2) is 0 Å². The zero-order valence-corrected chi connectivity index (χ0v) is 13.8. The van der Waals surface area contributed by atoms with Crippen molar-refractivity contribution in [2.75, 3.05) is 21.3 Å². The molecule has 0 aliphatic heterocycles. The van der Waals surface area contributed by atoms with Crippen molar-refractivity contribution in [1.82, 2.24) is 4.90 Å². The van der Waals surface area contributed by atoms with Gasteiger partial charge in [0, 0.05) is 19.2 Å². The first-order valence-corrected chi connectivity index (χ1v) is 7.26. The lowest BCUT2D eigenvalue weighted by Gasteiger charge is -2.21. The number of hydrogen-bond acceptors (Lipinski definition) is 4. The Hall–Kier alpha value is -2.69. The number of benzene rings is 1. The zero-order valence-electron chi connectivity index (χ0n) is 13.8. The number of furan rings is 1. The van der Waals surface area contributed by atoms with Gasteiger partial charge in [0.25, 0.3) is 0 Å². The third kappa shape index (κ3) is 4.16. The van der Waals surface area contributed by atoms with Crippen molar-refractivity contribution >= 4 is 12.0 Å². The molecule has 0 spiro atoms. The number of amides is 1. The molecule has 0 fully saturated rings. The molecule has 5 heteroatoms. The van der Waals surface area contributed by atoms with Crippen LogP contribution >= 0.6 is 0 Å². The van der Waals surface area contributed by atoms with E-state index < -0.39 is 0 Å². The highest BCUT2D eigenvalue weighted by Crippen LogP contribution is 2.24. The van der Waals surface area contributed by atoms with Gasteiger partial charge in [0.15, 0.2) is 0 Å². The summed E-state index contributed by atoms with van der Waals surface area (Å²) in [5.74, 6) is 1.98. The normalized spacial score (nSPS) is 12.2. The van der Waals surface area contributed by atoms with Crippen molar-refractivity contribution in [1.29, 1.82) is 0 Å². The second-order valence-corrected chi connectivity index (χ2v) is 5.12. The molecule has 2 rings (SSSR count). The Balaban J connectivity index is 2.11. The molecule has 5 nitrogen and oxygen atoms in total. The number of hydrogen-bond donors (Lipinski definition) is 0. The number of methoxy groups -OCH3 is 2. The van der Waals surface area contributed by atoms with Gasteiger partial charge in [-0.05, 0) is 42.8 Å². The van der Waals surface area contributed by atoms with Crippen LogP contribution in [0.25, 0.3) is 6.08 Å². The lowest BCUT2D eigenvalue weighted by atomic mass is 10.1. The van der Waals surface area contributed by atoms with Crippen LogP contribution in [0, 0.1) is 0 Å². The Labute approximate surface area is 136 Å². The molecule has 1 amide bonds. The summed E-state index contributed by atoms with van der Waals surface area (Å²) in [5, 5.41) is 0. The number of nitrogens with zero attached hydrogens (tertiary/aromatic N) is 1. The average Bonchev–Trinajstić information content (AvgIpc) is 3.12. The lowest BCUT2D eigenvalue weighted by Crippen LogP contribution is -2.27. The van der Waals surface area contributed by atoms with E-state index in [1.54, 1.807) is 44.6 Å². The smallest absolute Gasteiger partial charge is 0.246 e. The van der Waals surface area contributed by atoms with Crippen LogP contribution in [-0.4, -0.2) is 32.1 Å². The van der Waals surface area contributed by atoms with Gasteiger partial charge < -0.3 is 18.8 Å². The molecule has 1 atom stereocenters. The van der Waals surface area contributed by atoms with E-state index in [0.717, 1.165) is 11.3 Å². The van der Waals surface area contributed by atoms with Gasteiger partial charge in [0.2, 0.25) is 5.91 Å². The van der Waals surface area contributed by atoms with Crippen molar-refractivity contribution < 1.29 is 18.7 Å². The summed E-state index contributed by atoms with van der Waals surface area (Å²) in [4.78, 5) is 13.9. The summed E-state index contributed by atoms with van der Waals surface area (Å²) in [7, 11) is 4.92. The summed E-state index contributed by atoms with van der Waals surface area (Å²) in [5.41, 5.74) is 0.827. The highest BCUT2D eigenvalue weighted by atomic mass is 16.5. The van der Waals surface area contributed by atoms with Crippen molar-refractivity contribution in [2.24, 2.45) is 0 Å². The molecule has 1 unspecified atom stereocenters. The molecule has 2 aromatic rings. The first kappa shape index (κ1) is 16.7. The van der Waals surface area contributed by atoms with Crippen LogP contribution in [0.15, 0.2) is 47.1 Å². The van der Waals surface area contributed by atoms with E-state index in [4.69, 9.17) is 13.9 Å². The van der Waals surface area contributed by atoms with E-state index in [9.17, 15) is 4.79 Å². The predicted molar refractivity (Wildman–Crippen MR) is 88.5 cm³/mol. The van der Waals surface area contributed by atoms with Crippen molar-refractivity contribution in [3.05, 3.63) is 54.0 Å². The SMILES string of the molecule is COc1cc(/C=C/C(=O)N(C)C(C)c2ccco2)cc(OC)c1. The average molecular weight is 315 g/mol. The molecule has 0 aliphatic rings. The van der Waals surface area contributed by atoms with E-state index in [-0.39, 0.29) is 11.9 Å². The van der Waals surface area contributed by atoms with E-state index >= 15 is 0 Å². The number of carbonyl (C=O) groups is 1. The number of likely N-dealkylation sites (N-methyl/N-ethyl adjacent to an activating group) is 1. The maximum absolute atomic E-state index is 12.3. The Morgan fingerprint density at radius 2 is 1.87 bits per heavy atom. The molecular weight excluding hydrogens is 294 g/mol. The third-order valence-corrected chi connectivity index (χ3v) is 3.68. The quantitative estimate of drug-likeness (QED) is 0.765. The minimum absolute atomic E-state index is 0.115. The molecule has 1 aromatic heterocycles. The number of ether oxygens (including phenoxy) is 2. The summed E-state index contributed by atoms with van der Waals surface area (Å²) in [6.45, 7) is 1.92. The molecule has 0 saturated carbocycles. The fraction of sp³-hybridized carbons (Fsp3) is 0.278. The molecule has 23 heavy (non-hydrogen) atoms. The van der Waals surface area contributed by atoms with E-state index in [2.05, 4.69) is 0 Å². The van der Waals surface area contributed by atoms with Gasteiger partial charge >= 0.3 is 0 Å². The second kappa shape index (κ2) is 7.54. The molecule has 0 bridgehead atoms. The van der Waals surface area contributed by atoms with E-state index in [1.165, 1.54) is 6.08 Å². The van der Waals surface area contributed by atoms with Crippen molar-refractivity contribution in [3.63, 3.8) is 0 Å². The summed E-state index contributed by atoms with van der Waals surface area (Å²) in [6.07, 6.45) is 4.86. The summed E-state index contributed by atoms with van der Waals surface area (Å²) in [6, 6.07) is 8.98. The molecule has 0 N–H and O–H groups in total. The van der Waals surface area contributed by atoms with E-state index in [0.29, 0.717) is 11.5 Å². The minimum Gasteiger partial charge on any atom is -0.497 e. The van der Waals surface area contributed by atoms with Crippen LogP contribution in [-0.2, 0) is 4.79 Å². The van der Waals surface area contributed by atoms with Crippen molar-refractivity contribution in [3.8, 4) is 11.5 Å². The van der Waals surface area contributed by atoms with Gasteiger partial charge in [-0.1, -0.05) is 0 Å². The Morgan fingerprint density at radius 3 is 2.39 bits per heavy atom. The highest BCUT2D eigenvalue weighted by molar-refractivity contribution is 5.92. The first-order valence-electron chi connectivity index (χ1n) is 7.26. The van der Waals surface area contributed by atoms with Crippen LogP contribution in [0.4, 0.5) is 0 Å². The summed E-state index contributed by atoms with van der Waals surface area (Å²) < 4.78 is 15.8. The lowest BCUT2D eigenvalue weighted by molar-refractivity contribution is -0.126. The molecule has 0 aliphatic carbocycles. The van der Waals surface area contributed by atoms with Crippen LogP contribution < -0.4 is 9.47 Å². The van der Waals surface area contributed by atoms with E-state index in [1.807, 2.05) is 31.2 Å². The Morgan fingerprint density at radius 1 is 1.22 bits per heavy atom. The molecule has 0 saturated heterocycles. The van der Waals surface area contributed by atoms with Crippen LogP contribution in [0.5, 0.6) is 11.5 Å². The topological polar surface area (TPSA) is 51.9 Å². The molecule has 0 radical (unpaired) electrons. The molecular formula is C18H21NO4. The summed E-state index contributed by atoms with van der Waals surface area (Å²) >= 11 is 0. The third-order valence-electron chi connectivity index (χ3n) is 3.68. The zero-order chi connectivity index (χ0) is 16.8. The van der Waals surface area contributed by atoms with Crippen LogP contribution in [0.3, 0.4) is 0 Å². The van der Waals surface area contributed by atoms with Gasteiger partial charge in [-0.15, -0.1) is 0 Å². The van der Waals surface area contributed by atoms with Gasteiger partial charge in [-0.3, -0.25) is 4.79 Å². The Kier molecular flexibility index (Phi) is 5.46. The number of rotatable bonds is 6. The van der Waals surface area contributed by atoms with Crippen LogP contribution in [0.1, 0.15) is 24.3 Å². The van der Waals surface area contributed by atoms with Gasteiger partial charge in [-0.2, -0.15) is 0 Å². The van der Waals surface area contributed by atoms with Crippen molar-refractivity contribution in [2.45, 2.75) is 13.0 Å². The largest absolute Gasteiger partial charge is 0.497 e. The molecule has 1 aromatic carbocycles. The minimum atomic E-state index is -0.137. The second-order valence-electron chi connectivity index (χ2n) is 5.12. The van der Waals surface area contributed by atoms with Gasteiger partial charge in [0.1, 0.15) is 17.3 Å². The molecule has 122 valence electrons. The predicted octanol–water partition coefficient (Wildman–Crippen LogP) is 3.53. The van der Waals surface area contributed by atoms with Crippen LogP contribution in [0.2, 0.25) is 0 Å². The Bertz CT molecular complexity index is 654. The maximum Gasteiger partial charge on any atom is 0.246 e.